The van der Waals surface area contributed by atoms with Gasteiger partial charge in [0.05, 0.1) is 23.0 Å². The minimum absolute atomic E-state index is 0.254. The van der Waals surface area contributed by atoms with Crippen LogP contribution >= 0.6 is 0 Å². The number of nitrogens with zero attached hydrogens (tertiary/aromatic N) is 4. The van der Waals surface area contributed by atoms with Crippen LogP contribution in [0, 0.1) is 0 Å². The summed E-state index contributed by atoms with van der Waals surface area (Å²) < 4.78 is 39.9. The molecule has 0 bridgehead atoms. The van der Waals surface area contributed by atoms with Crippen molar-refractivity contribution in [3.05, 3.63) is 69.4 Å². The highest BCUT2D eigenvalue weighted by molar-refractivity contribution is 5.56. The molecule has 3 heterocycles. The fourth-order valence-electron chi connectivity index (χ4n) is 3.38. The Morgan fingerprint density at radius 3 is 2.61 bits per heavy atom. The Balaban J connectivity index is 1.56. The summed E-state index contributed by atoms with van der Waals surface area (Å²) in [7, 11) is 1.85. The van der Waals surface area contributed by atoms with Crippen LogP contribution in [0.25, 0.3) is 11.4 Å². The molecular weight excluding hydrogens is 371 g/mol. The maximum atomic E-state index is 12.7. The number of aryl methyl sites for hydroxylation is 1. The summed E-state index contributed by atoms with van der Waals surface area (Å²) in [5.41, 5.74) is 1.83. The molecule has 0 saturated carbocycles. The molecule has 2 aromatic heterocycles. The number of hydrogen-bond donors (Lipinski definition) is 1. The molecule has 3 aromatic rings. The van der Waals surface area contributed by atoms with Gasteiger partial charge in [-0.1, -0.05) is 12.1 Å². The molecule has 0 unspecified atom stereocenters. The molecule has 6 nitrogen and oxygen atoms in total. The van der Waals surface area contributed by atoms with Crippen LogP contribution in [0.1, 0.15) is 22.4 Å². The van der Waals surface area contributed by atoms with Crippen LogP contribution in [0.5, 0.6) is 0 Å². The monoisotopic (exact) mass is 389 g/mol. The topological polar surface area (TPSA) is 66.8 Å². The molecular formula is C19H18F3N5O. The van der Waals surface area contributed by atoms with Crippen molar-refractivity contribution in [2.75, 3.05) is 6.54 Å². The normalized spacial score (nSPS) is 14.9. The second-order valence-corrected chi connectivity index (χ2v) is 6.90. The van der Waals surface area contributed by atoms with E-state index in [9.17, 15) is 18.0 Å². The number of fused-ring (bicyclic) bond motifs is 1. The van der Waals surface area contributed by atoms with Crippen LogP contribution in [0.15, 0.2) is 41.5 Å². The van der Waals surface area contributed by atoms with Gasteiger partial charge in [0.15, 0.2) is 0 Å². The van der Waals surface area contributed by atoms with Crippen molar-refractivity contribution in [1.29, 1.82) is 0 Å². The number of halogens is 3. The average Bonchev–Trinajstić information content (AvgIpc) is 3.06. The standard InChI is InChI=1S/C19H18F3N5O/c1-26-9-12(8-23-26)10-27-7-6-16-15(11-27)18(28)25-17(24-16)13-2-4-14(5-3-13)19(20,21)22/h2-5,8-9H,6-7,10-11H2,1H3,(H,24,25,28). The van der Waals surface area contributed by atoms with Gasteiger partial charge in [-0.2, -0.15) is 18.3 Å². The molecule has 1 N–H and O–H groups in total. The molecule has 9 heteroatoms. The number of benzene rings is 1. The van der Waals surface area contributed by atoms with Crippen molar-refractivity contribution in [3.63, 3.8) is 0 Å². The lowest BCUT2D eigenvalue weighted by Crippen LogP contribution is -2.35. The molecule has 146 valence electrons. The molecule has 0 saturated heterocycles. The Morgan fingerprint density at radius 1 is 1.21 bits per heavy atom. The second kappa shape index (κ2) is 6.90. The van der Waals surface area contributed by atoms with E-state index < -0.39 is 11.7 Å². The minimum Gasteiger partial charge on any atom is -0.306 e. The zero-order valence-electron chi connectivity index (χ0n) is 15.1. The Bertz CT molecular complexity index is 1050. The lowest BCUT2D eigenvalue weighted by atomic mass is 10.1. The highest BCUT2D eigenvalue weighted by atomic mass is 19.4. The molecule has 28 heavy (non-hydrogen) atoms. The molecule has 0 radical (unpaired) electrons. The first kappa shape index (κ1) is 18.4. The van der Waals surface area contributed by atoms with Gasteiger partial charge in [0, 0.05) is 50.4 Å². The van der Waals surface area contributed by atoms with Crippen molar-refractivity contribution in [3.8, 4) is 11.4 Å². The molecule has 0 amide bonds. The first-order valence-electron chi connectivity index (χ1n) is 8.79. The zero-order valence-corrected chi connectivity index (χ0v) is 15.1. The molecule has 0 atom stereocenters. The Kier molecular flexibility index (Phi) is 4.54. The van der Waals surface area contributed by atoms with Gasteiger partial charge in [0.2, 0.25) is 0 Å². The van der Waals surface area contributed by atoms with Gasteiger partial charge in [-0.3, -0.25) is 14.4 Å². The van der Waals surface area contributed by atoms with Gasteiger partial charge in [0.1, 0.15) is 5.82 Å². The predicted octanol–water partition coefficient (Wildman–Crippen LogP) is 2.75. The summed E-state index contributed by atoms with van der Waals surface area (Å²) in [6, 6.07) is 4.63. The molecule has 1 aliphatic rings. The first-order chi connectivity index (χ1) is 13.3. The van der Waals surface area contributed by atoms with Crippen molar-refractivity contribution in [1.82, 2.24) is 24.6 Å². The fourth-order valence-corrected chi connectivity index (χ4v) is 3.38. The largest absolute Gasteiger partial charge is 0.416 e. The van der Waals surface area contributed by atoms with E-state index in [2.05, 4.69) is 20.0 Å². The zero-order chi connectivity index (χ0) is 19.9. The van der Waals surface area contributed by atoms with Crippen molar-refractivity contribution in [2.45, 2.75) is 25.7 Å². The van der Waals surface area contributed by atoms with Crippen LogP contribution in [0.2, 0.25) is 0 Å². The van der Waals surface area contributed by atoms with E-state index in [-0.39, 0.29) is 11.4 Å². The summed E-state index contributed by atoms with van der Waals surface area (Å²) >= 11 is 0. The summed E-state index contributed by atoms with van der Waals surface area (Å²) in [4.78, 5) is 21.9. The van der Waals surface area contributed by atoms with Crippen LogP contribution < -0.4 is 5.56 Å². The van der Waals surface area contributed by atoms with Crippen molar-refractivity contribution < 1.29 is 13.2 Å². The third-order valence-electron chi connectivity index (χ3n) is 4.80. The molecule has 0 aliphatic carbocycles. The Labute approximate surface area is 158 Å². The van der Waals surface area contributed by atoms with E-state index in [4.69, 9.17) is 0 Å². The number of hydrogen-bond acceptors (Lipinski definition) is 4. The van der Waals surface area contributed by atoms with Gasteiger partial charge >= 0.3 is 6.18 Å². The third-order valence-corrected chi connectivity index (χ3v) is 4.80. The summed E-state index contributed by atoms with van der Waals surface area (Å²) in [5.74, 6) is 0.290. The van der Waals surface area contributed by atoms with Gasteiger partial charge in [-0.15, -0.1) is 0 Å². The maximum absolute atomic E-state index is 12.7. The Morgan fingerprint density at radius 2 is 1.96 bits per heavy atom. The second-order valence-electron chi connectivity index (χ2n) is 6.90. The van der Waals surface area contributed by atoms with E-state index in [0.717, 1.165) is 24.2 Å². The highest BCUT2D eigenvalue weighted by Gasteiger charge is 2.30. The van der Waals surface area contributed by atoms with E-state index in [1.54, 1.807) is 10.9 Å². The van der Waals surface area contributed by atoms with Crippen LogP contribution in [-0.2, 0) is 32.7 Å². The fraction of sp³-hybridized carbons (Fsp3) is 0.316. The van der Waals surface area contributed by atoms with Crippen LogP contribution in [0.4, 0.5) is 13.2 Å². The average molecular weight is 389 g/mol. The number of H-pyrrole nitrogens is 1. The number of nitrogens with one attached hydrogen (secondary N) is 1. The summed E-state index contributed by atoms with van der Waals surface area (Å²) in [6.07, 6.45) is -0.0580. The van der Waals surface area contributed by atoms with Crippen LogP contribution in [-0.4, -0.2) is 31.2 Å². The smallest absolute Gasteiger partial charge is 0.306 e. The SMILES string of the molecule is Cn1cc(CN2CCc3nc(-c4ccc(C(F)(F)F)cc4)[nH]c(=O)c3C2)cn1. The van der Waals surface area contributed by atoms with Gasteiger partial charge in [-0.05, 0) is 12.1 Å². The van der Waals surface area contributed by atoms with Gasteiger partial charge < -0.3 is 4.98 Å². The van der Waals surface area contributed by atoms with Crippen molar-refractivity contribution >= 4 is 0 Å². The number of alkyl halides is 3. The lowest BCUT2D eigenvalue weighted by molar-refractivity contribution is -0.137. The van der Waals surface area contributed by atoms with E-state index in [1.807, 2.05) is 13.2 Å². The lowest BCUT2D eigenvalue weighted by Gasteiger charge is -2.27. The third kappa shape index (κ3) is 3.70. The predicted molar refractivity (Wildman–Crippen MR) is 96.3 cm³/mol. The van der Waals surface area contributed by atoms with E-state index >= 15 is 0 Å². The van der Waals surface area contributed by atoms with E-state index in [1.165, 1.54) is 12.1 Å². The van der Waals surface area contributed by atoms with Crippen molar-refractivity contribution in [2.24, 2.45) is 7.05 Å². The molecule has 1 aliphatic heterocycles. The van der Waals surface area contributed by atoms with E-state index in [0.29, 0.717) is 36.3 Å². The minimum atomic E-state index is -4.40. The number of aromatic amines is 1. The quantitative estimate of drug-likeness (QED) is 0.748. The first-order valence-corrected chi connectivity index (χ1v) is 8.79. The molecule has 0 spiro atoms. The van der Waals surface area contributed by atoms with Crippen LogP contribution in [0.3, 0.4) is 0 Å². The molecule has 0 fully saturated rings. The maximum Gasteiger partial charge on any atom is 0.416 e. The summed E-state index contributed by atoms with van der Waals surface area (Å²) in [5, 5.41) is 4.15. The highest BCUT2D eigenvalue weighted by Crippen LogP contribution is 2.30. The van der Waals surface area contributed by atoms with Gasteiger partial charge in [0.25, 0.3) is 5.56 Å². The number of rotatable bonds is 3. The summed E-state index contributed by atoms with van der Waals surface area (Å²) in [6.45, 7) is 1.90. The van der Waals surface area contributed by atoms with Gasteiger partial charge in [-0.25, -0.2) is 4.98 Å². The molecule has 1 aromatic carbocycles. The molecule has 4 rings (SSSR count). The Hall–Kier alpha value is -2.94. The number of aromatic nitrogens is 4.